The van der Waals surface area contributed by atoms with Crippen molar-refractivity contribution in [2.24, 2.45) is 0 Å². The molecule has 21 heavy (non-hydrogen) atoms. The molecule has 0 aliphatic rings. The number of carbonyl (C=O) groups is 2. The third kappa shape index (κ3) is 6.29. The van der Waals surface area contributed by atoms with Crippen molar-refractivity contribution in [2.75, 3.05) is 14.1 Å². The van der Waals surface area contributed by atoms with Gasteiger partial charge in [0.2, 0.25) is 5.91 Å². The van der Waals surface area contributed by atoms with E-state index in [-0.39, 0.29) is 12.3 Å². The molecule has 1 aromatic carbocycles. The summed E-state index contributed by atoms with van der Waals surface area (Å²) >= 11 is 0. The normalized spacial score (nSPS) is 12.4. The number of benzene rings is 1. The Morgan fingerprint density at radius 1 is 1.19 bits per heavy atom. The SMILES string of the molecule is CN(C)C(=O)C[C@@H](NC(=O)OC(C)(C)C)c1ccccc1. The van der Waals surface area contributed by atoms with Gasteiger partial charge in [0.15, 0.2) is 0 Å². The summed E-state index contributed by atoms with van der Waals surface area (Å²) in [4.78, 5) is 25.4. The van der Waals surface area contributed by atoms with Gasteiger partial charge < -0.3 is 15.0 Å². The first-order valence-electron chi connectivity index (χ1n) is 6.93. The van der Waals surface area contributed by atoms with Gasteiger partial charge in [-0.3, -0.25) is 4.79 Å². The van der Waals surface area contributed by atoms with Crippen molar-refractivity contribution in [3.8, 4) is 0 Å². The molecular formula is C16H24N2O3. The molecule has 5 nitrogen and oxygen atoms in total. The highest BCUT2D eigenvalue weighted by Gasteiger charge is 2.23. The maximum atomic E-state index is 11.9. The molecule has 2 amide bonds. The summed E-state index contributed by atoms with van der Waals surface area (Å²) in [5.41, 5.74) is 0.301. The zero-order valence-electron chi connectivity index (χ0n) is 13.3. The molecule has 0 radical (unpaired) electrons. The Morgan fingerprint density at radius 3 is 2.24 bits per heavy atom. The van der Waals surface area contributed by atoms with E-state index in [1.165, 1.54) is 4.90 Å². The van der Waals surface area contributed by atoms with Crippen molar-refractivity contribution < 1.29 is 14.3 Å². The first kappa shape index (κ1) is 17.0. The standard InChI is InChI=1S/C16H24N2O3/c1-16(2,3)21-15(20)17-13(11-14(19)18(4)5)12-9-7-6-8-10-12/h6-10,13H,11H2,1-5H3,(H,17,20)/t13-/m1/s1. The summed E-state index contributed by atoms with van der Waals surface area (Å²) in [6.07, 6.45) is -0.334. The van der Waals surface area contributed by atoms with Gasteiger partial charge >= 0.3 is 6.09 Å². The van der Waals surface area contributed by atoms with Crippen LogP contribution in [0.3, 0.4) is 0 Å². The molecule has 0 fully saturated rings. The van der Waals surface area contributed by atoms with Crippen molar-refractivity contribution in [1.82, 2.24) is 10.2 Å². The molecule has 0 aliphatic carbocycles. The Morgan fingerprint density at radius 2 is 1.76 bits per heavy atom. The number of nitrogens with one attached hydrogen (secondary N) is 1. The van der Waals surface area contributed by atoms with Gasteiger partial charge in [-0.15, -0.1) is 0 Å². The second kappa shape index (κ2) is 7.11. The Bertz CT molecular complexity index is 478. The fourth-order valence-electron chi connectivity index (χ4n) is 1.74. The molecule has 0 aliphatic heterocycles. The third-order valence-electron chi connectivity index (χ3n) is 2.77. The first-order chi connectivity index (χ1) is 9.69. The molecule has 5 heteroatoms. The molecule has 0 heterocycles. The summed E-state index contributed by atoms with van der Waals surface area (Å²) in [5, 5.41) is 2.77. The van der Waals surface area contributed by atoms with Crippen LogP contribution in [0.2, 0.25) is 0 Å². The largest absolute Gasteiger partial charge is 0.444 e. The summed E-state index contributed by atoms with van der Waals surface area (Å²) in [5.74, 6) is -0.0556. The van der Waals surface area contributed by atoms with E-state index in [4.69, 9.17) is 4.74 Å². The molecule has 0 spiro atoms. The van der Waals surface area contributed by atoms with Crippen LogP contribution in [0.25, 0.3) is 0 Å². The number of rotatable bonds is 4. The molecule has 1 aromatic rings. The van der Waals surface area contributed by atoms with Gasteiger partial charge in [0.05, 0.1) is 12.5 Å². The highest BCUT2D eigenvalue weighted by atomic mass is 16.6. The molecule has 1 N–H and O–H groups in total. The lowest BCUT2D eigenvalue weighted by Crippen LogP contribution is -2.37. The zero-order valence-corrected chi connectivity index (χ0v) is 13.3. The van der Waals surface area contributed by atoms with Crippen LogP contribution < -0.4 is 5.32 Å². The summed E-state index contributed by atoms with van der Waals surface area (Å²) in [6, 6.07) is 8.99. The van der Waals surface area contributed by atoms with E-state index < -0.39 is 17.7 Å². The lowest BCUT2D eigenvalue weighted by atomic mass is 10.0. The number of nitrogens with zero attached hydrogens (tertiary/aromatic N) is 1. The average Bonchev–Trinajstić information content (AvgIpc) is 2.36. The van der Waals surface area contributed by atoms with Gasteiger partial charge in [0.1, 0.15) is 5.60 Å². The van der Waals surface area contributed by atoms with E-state index >= 15 is 0 Å². The van der Waals surface area contributed by atoms with E-state index in [0.29, 0.717) is 0 Å². The van der Waals surface area contributed by atoms with E-state index in [2.05, 4.69) is 5.32 Å². The van der Waals surface area contributed by atoms with Crippen LogP contribution in [0, 0.1) is 0 Å². The third-order valence-corrected chi connectivity index (χ3v) is 2.77. The predicted octanol–water partition coefficient (Wildman–Crippen LogP) is 2.73. The van der Waals surface area contributed by atoms with Crippen LogP contribution in [0.5, 0.6) is 0 Å². The summed E-state index contributed by atoms with van der Waals surface area (Å²) in [7, 11) is 3.38. The van der Waals surface area contributed by atoms with Crippen LogP contribution in [-0.2, 0) is 9.53 Å². The summed E-state index contributed by atoms with van der Waals surface area (Å²) in [6.45, 7) is 5.40. The second-order valence-corrected chi connectivity index (χ2v) is 6.10. The molecule has 116 valence electrons. The van der Waals surface area contributed by atoms with E-state index in [0.717, 1.165) is 5.56 Å². The molecule has 0 bridgehead atoms. The molecule has 0 saturated heterocycles. The Kier molecular flexibility index (Phi) is 5.76. The van der Waals surface area contributed by atoms with Gasteiger partial charge in [-0.25, -0.2) is 4.79 Å². The van der Waals surface area contributed by atoms with Crippen LogP contribution in [-0.4, -0.2) is 36.6 Å². The smallest absolute Gasteiger partial charge is 0.408 e. The number of ether oxygens (including phenoxy) is 1. The maximum Gasteiger partial charge on any atom is 0.408 e. The summed E-state index contributed by atoms with van der Waals surface area (Å²) < 4.78 is 5.26. The molecule has 0 unspecified atom stereocenters. The fraction of sp³-hybridized carbons (Fsp3) is 0.500. The van der Waals surface area contributed by atoms with Gasteiger partial charge in [0, 0.05) is 14.1 Å². The van der Waals surface area contributed by atoms with E-state index in [1.54, 1.807) is 34.9 Å². The number of amides is 2. The molecule has 1 rings (SSSR count). The molecular weight excluding hydrogens is 268 g/mol. The van der Waals surface area contributed by atoms with Gasteiger partial charge in [-0.05, 0) is 26.3 Å². The Labute approximate surface area is 126 Å². The molecule has 1 atom stereocenters. The minimum Gasteiger partial charge on any atom is -0.444 e. The molecule has 0 aromatic heterocycles. The Balaban J connectivity index is 2.83. The van der Waals surface area contributed by atoms with E-state index in [9.17, 15) is 9.59 Å². The lowest BCUT2D eigenvalue weighted by Gasteiger charge is -2.24. The highest BCUT2D eigenvalue weighted by molar-refractivity contribution is 5.77. The highest BCUT2D eigenvalue weighted by Crippen LogP contribution is 2.18. The lowest BCUT2D eigenvalue weighted by molar-refractivity contribution is -0.129. The fourth-order valence-corrected chi connectivity index (χ4v) is 1.74. The second-order valence-electron chi connectivity index (χ2n) is 6.10. The average molecular weight is 292 g/mol. The van der Waals surface area contributed by atoms with Gasteiger partial charge in [-0.1, -0.05) is 30.3 Å². The monoisotopic (exact) mass is 292 g/mol. The van der Waals surface area contributed by atoms with Crippen molar-refractivity contribution >= 4 is 12.0 Å². The number of alkyl carbamates (subject to hydrolysis) is 1. The maximum absolute atomic E-state index is 11.9. The van der Waals surface area contributed by atoms with Crippen molar-refractivity contribution in [1.29, 1.82) is 0 Å². The van der Waals surface area contributed by atoms with Crippen molar-refractivity contribution in [3.63, 3.8) is 0 Å². The number of hydrogen-bond acceptors (Lipinski definition) is 3. The minimum atomic E-state index is -0.573. The van der Waals surface area contributed by atoms with E-state index in [1.807, 2.05) is 30.3 Å². The van der Waals surface area contributed by atoms with Crippen LogP contribution in [0.1, 0.15) is 38.8 Å². The number of hydrogen-bond donors (Lipinski definition) is 1. The van der Waals surface area contributed by atoms with Gasteiger partial charge in [-0.2, -0.15) is 0 Å². The van der Waals surface area contributed by atoms with Crippen molar-refractivity contribution in [2.45, 2.75) is 38.8 Å². The Hall–Kier alpha value is -2.04. The molecule has 0 saturated carbocycles. The zero-order chi connectivity index (χ0) is 16.0. The van der Waals surface area contributed by atoms with Crippen LogP contribution >= 0.6 is 0 Å². The predicted molar refractivity (Wildman–Crippen MR) is 81.9 cm³/mol. The quantitative estimate of drug-likeness (QED) is 0.928. The van der Waals surface area contributed by atoms with Crippen molar-refractivity contribution in [3.05, 3.63) is 35.9 Å². The van der Waals surface area contributed by atoms with Gasteiger partial charge in [0.25, 0.3) is 0 Å². The number of carbonyl (C=O) groups excluding carboxylic acids is 2. The minimum absolute atomic E-state index is 0.0556. The van der Waals surface area contributed by atoms with Crippen LogP contribution in [0.4, 0.5) is 4.79 Å². The van der Waals surface area contributed by atoms with Crippen LogP contribution in [0.15, 0.2) is 30.3 Å². The first-order valence-corrected chi connectivity index (χ1v) is 6.93. The topological polar surface area (TPSA) is 58.6 Å².